The normalized spacial score (nSPS) is 23.0. The molecular formula is C19H21FN4O2. The number of halogens is 1. The molecule has 2 aromatic carbocycles. The maximum absolute atomic E-state index is 14.5. The fourth-order valence-electron chi connectivity index (χ4n) is 3.02. The third kappa shape index (κ3) is 3.13. The number of nitrogen functional groups attached to an aromatic ring is 1. The molecule has 136 valence electrons. The molecule has 1 amide bonds. The highest BCUT2D eigenvalue weighted by molar-refractivity contribution is 6.01. The predicted octanol–water partition coefficient (Wildman–Crippen LogP) is 2.00. The number of carbonyl (C=O) groups excluding carboxylic acids is 1. The number of amides is 1. The maximum atomic E-state index is 14.5. The number of anilines is 1. The second kappa shape index (κ2) is 6.76. The van der Waals surface area contributed by atoms with Crippen molar-refractivity contribution in [3.8, 4) is 0 Å². The molecule has 0 radical (unpaired) electrons. The first-order valence-electron chi connectivity index (χ1n) is 8.17. The minimum absolute atomic E-state index is 0.00103. The van der Waals surface area contributed by atoms with E-state index in [1.165, 1.54) is 30.1 Å². The second-order valence-corrected chi connectivity index (χ2v) is 6.43. The van der Waals surface area contributed by atoms with E-state index in [2.05, 4.69) is 4.99 Å². The van der Waals surface area contributed by atoms with Crippen molar-refractivity contribution in [2.75, 3.05) is 12.8 Å². The number of hydrogen-bond acceptors (Lipinski definition) is 5. The van der Waals surface area contributed by atoms with Crippen LogP contribution in [0.3, 0.4) is 0 Å². The number of guanidine groups is 1. The minimum atomic E-state index is -1.33. The zero-order valence-corrected chi connectivity index (χ0v) is 14.6. The average molecular weight is 356 g/mol. The van der Waals surface area contributed by atoms with Gasteiger partial charge in [-0.05, 0) is 30.7 Å². The Balaban J connectivity index is 2.03. The van der Waals surface area contributed by atoms with Gasteiger partial charge in [0.1, 0.15) is 11.4 Å². The summed E-state index contributed by atoms with van der Waals surface area (Å²) >= 11 is 0. The van der Waals surface area contributed by atoms with Crippen LogP contribution in [0.15, 0.2) is 53.5 Å². The Morgan fingerprint density at radius 3 is 2.62 bits per heavy atom. The molecule has 7 heteroatoms. The number of likely N-dealkylation sites (N-methyl/N-ethyl adjacent to an activating group) is 1. The van der Waals surface area contributed by atoms with Gasteiger partial charge in [0.2, 0.25) is 0 Å². The number of benzene rings is 2. The number of rotatable bonds is 4. The molecule has 0 saturated carbocycles. The van der Waals surface area contributed by atoms with Crippen molar-refractivity contribution < 1.29 is 13.9 Å². The van der Waals surface area contributed by atoms with E-state index < -0.39 is 23.4 Å². The third-order valence-electron chi connectivity index (χ3n) is 4.55. The van der Waals surface area contributed by atoms with Crippen LogP contribution in [0.4, 0.5) is 10.1 Å². The van der Waals surface area contributed by atoms with Gasteiger partial charge in [-0.3, -0.25) is 9.69 Å². The van der Waals surface area contributed by atoms with Gasteiger partial charge in [0.05, 0.1) is 6.61 Å². The SMILES string of the molecule is CN1C(=O)C(OCc2ccccc2)[C@@](C)(c2cc(N)ccc2F)N=C1N. The van der Waals surface area contributed by atoms with Gasteiger partial charge in [0.15, 0.2) is 12.1 Å². The molecular weight excluding hydrogens is 335 g/mol. The van der Waals surface area contributed by atoms with E-state index >= 15 is 0 Å². The maximum Gasteiger partial charge on any atom is 0.261 e. The van der Waals surface area contributed by atoms with E-state index in [1.54, 1.807) is 6.92 Å². The summed E-state index contributed by atoms with van der Waals surface area (Å²) in [5.41, 5.74) is 11.8. The van der Waals surface area contributed by atoms with E-state index in [1.807, 2.05) is 30.3 Å². The van der Waals surface area contributed by atoms with Crippen molar-refractivity contribution in [1.82, 2.24) is 4.90 Å². The molecule has 6 nitrogen and oxygen atoms in total. The zero-order chi connectivity index (χ0) is 18.9. The fourth-order valence-corrected chi connectivity index (χ4v) is 3.02. The van der Waals surface area contributed by atoms with E-state index in [4.69, 9.17) is 16.2 Å². The van der Waals surface area contributed by atoms with Crippen molar-refractivity contribution in [3.05, 3.63) is 65.5 Å². The van der Waals surface area contributed by atoms with Crippen LogP contribution in [0.5, 0.6) is 0 Å². The number of aliphatic imine (C=N–C) groups is 1. The topological polar surface area (TPSA) is 93.9 Å². The molecule has 4 N–H and O–H groups in total. The highest BCUT2D eigenvalue weighted by atomic mass is 19.1. The Kier molecular flexibility index (Phi) is 4.65. The summed E-state index contributed by atoms with van der Waals surface area (Å²) in [7, 11) is 1.51. The quantitative estimate of drug-likeness (QED) is 0.819. The monoisotopic (exact) mass is 356 g/mol. The number of nitrogens with zero attached hydrogens (tertiary/aromatic N) is 2. The smallest absolute Gasteiger partial charge is 0.261 e. The molecule has 0 spiro atoms. The van der Waals surface area contributed by atoms with E-state index in [0.29, 0.717) is 5.69 Å². The van der Waals surface area contributed by atoms with Crippen LogP contribution >= 0.6 is 0 Å². The lowest BCUT2D eigenvalue weighted by atomic mass is 9.84. The van der Waals surface area contributed by atoms with Gasteiger partial charge in [-0.2, -0.15) is 0 Å². The van der Waals surface area contributed by atoms with E-state index in [-0.39, 0.29) is 18.1 Å². The molecule has 0 aromatic heterocycles. The number of ether oxygens (including phenoxy) is 1. The first kappa shape index (κ1) is 17.9. The Morgan fingerprint density at radius 1 is 1.23 bits per heavy atom. The molecule has 1 aliphatic rings. The van der Waals surface area contributed by atoms with E-state index in [0.717, 1.165) is 5.56 Å². The fraction of sp³-hybridized carbons (Fsp3) is 0.263. The lowest BCUT2D eigenvalue weighted by Gasteiger charge is -2.40. The lowest BCUT2D eigenvalue weighted by molar-refractivity contribution is -0.146. The van der Waals surface area contributed by atoms with Crippen LogP contribution in [0, 0.1) is 5.82 Å². The molecule has 2 atom stereocenters. The summed E-state index contributed by atoms with van der Waals surface area (Å²) in [5, 5.41) is 0. The first-order valence-corrected chi connectivity index (χ1v) is 8.17. The van der Waals surface area contributed by atoms with Crippen molar-refractivity contribution in [2.45, 2.75) is 25.2 Å². The molecule has 26 heavy (non-hydrogen) atoms. The van der Waals surface area contributed by atoms with Gasteiger partial charge in [0, 0.05) is 18.3 Å². The summed E-state index contributed by atoms with van der Waals surface area (Å²) in [6.07, 6.45) is -1.05. The third-order valence-corrected chi connectivity index (χ3v) is 4.55. The van der Waals surface area contributed by atoms with Crippen LogP contribution in [0.1, 0.15) is 18.1 Å². The Bertz CT molecular complexity index is 856. The first-order chi connectivity index (χ1) is 12.3. The van der Waals surface area contributed by atoms with Crippen molar-refractivity contribution in [1.29, 1.82) is 0 Å². The Labute approximate surface area is 151 Å². The lowest BCUT2D eigenvalue weighted by Crippen LogP contribution is -2.58. The van der Waals surface area contributed by atoms with Crippen LogP contribution in [-0.2, 0) is 21.7 Å². The number of hydrogen-bond donors (Lipinski definition) is 2. The molecule has 3 rings (SSSR count). The second-order valence-electron chi connectivity index (χ2n) is 6.43. The molecule has 0 aliphatic carbocycles. The van der Waals surface area contributed by atoms with Gasteiger partial charge in [-0.25, -0.2) is 9.38 Å². The zero-order valence-electron chi connectivity index (χ0n) is 14.6. The average Bonchev–Trinajstić information content (AvgIpc) is 2.62. The van der Waals surface area contributed by atoms with Crippen LogP contribution < -0.4 is 11.5 Å². The standard InChI is InChI=1S/C19H21FN4O2/c1-19(14-10-13(21)8-9-15(14)20)16(17(25)24(2)18(22)23-19)26-11-12-6-4-3-5-7-12/h3-10,16H,11,21H2,1-2H3,(H2,22,23)/t16?,19-/m1/s1. The summed E-state index contributed by atoms with van der Waals surface area (Å²) in [5.74, 6) is -0.916. The molecule has 1 unspecified atom stereocenters. The highest BCUT2D eigenvalue weighted by Crippen LogP contribution is 2.37. The molecule has 0 fully saturated rings. The Morgan fingerprint density at radius 2 is 1.92 bits per heavy atom. The van der Waals surface area contributed by atoms with Gasteiger partial charge >= 0.3 is 0 Å². The van der Waals surface area contributed by atoms with Crippen molar-refractivity contribution in [3.63, 3.8) is 0 Å². The van der Waals surface area contributed by atoms with Crippen molar-refractivity contribution >= 4 is 17.6 Å². The molecule has 0 bridgehead atoms. The van der Waals surface area contributed by atoms with Crippen LogP contribution in [0.25, 0.3) is 0 Å². The van der Waals surface area contributed by atoms with Crippen LogP contribution in [0.2, 0.25) is 0 Å². The summed E-state index contributed by atoms with van der Waals surface area (Å²) in [6, 6.07) is 13.6. The summed E-state index contributed by atoms with van der Waals surface area (Å²) < 4.78 is 20.4. The summed E-state index contributed by atoms with van der Waals surface area (Å²) in [6.45, 7) is 1.80. The van der Waals surface area contributed by atoms with Crippen LogP contribution in [-0.4, -0.2) is 29.9 Å². The minimum Gasteiger partial charge on any atom is -0.399 e. The Hall–Kier alpha value is -2.93. The molecule has 0 saturated heterocycles. The van der Waals surface area contributed by atoms with Gasteiger partial charge in [-0.1, -0.05) is 30.3 Å². The van der Waals surface area contributed by atoms with Gasteiger partial charge in [0.25, 0.3) is 5.91 Å². The number of nitrogens with two attached hydrogens (primary N) is 2. The van der Waals surface area contributed by atoms with Crippen molar-refractivity contribution in [2.24, 2.45) is 10.7 Å². The molecule has 1 aliphatic heterocycles. The van der Waals surface area contributed by atoms with Gasteiger partial charge < -0.3 is 16.2 Å². The summed E-state index contributed by atoms with van der Waals surface area (Å²) in [4.78, 5) is 18.4. The van der Waals surface area contributed by atoms with Gasteiger partial charge in [-0.15, -0.1) is 0 Å². The van der Waals surface area contributed by atoms with E-state index in [9.17, 15) is 9.18 Å². The predicted molar refractivity (Wildman–Crippen MR) is 97.6 cm³/mol. The highest BCUT2D eigenvalue weighted by Gasteiger charge is 2.48. The molecule has 2 aromatic rings. The number of carbonyl (C=O) groups is 1. The molecule has 1 heterocycles. The largest absolute Gasteiger partial charge is 0.399 e.